The minimum Gasteiger partial charge on any atom is -0.494 e. The first kappa shape index (κ1) is 24.5. The molecule has 0 radical (unpaired) electrons. The van der Waals surface area contributed by atoms with Crippen LogP contribution in [-0.4, -0.2) is 45.4 Å². The van der Waals surface area contributed by atoms with Gasteiger partial charge in [0.2, 0.25) is 0 Å². The van der Waals surface area contributed by atoms with Gasteiger partial charge in [0.15, 0.2) is 11.5 Å². The van der Waals surface area contributed by atoms with Gasteiger partial charge in [0.05, 0.1) is 39.4 Å². The molecule has 35 heavy (non-hydrogen) atoms. The first-order valence-electron chi connectivity index (χ1n) is 11.8. The second-order valence-electron chi connectivity index (χ2n) is 8.74. The molecule has 7 heteroatoms. The predicted molar refractivity (Wildman–Crippen MR) is 133 cm³/mol. The number of benzene rings is 2. The predicted octanol–water partition coefficient (Wildman–Crippen LogP) is 4.85. The van der Waals surface area contributed by atoms with Crippen LogP contribution in [0.4, 0.5) is 0 Å². The van der Waals surface area contributed by atoms with Gasteiger partial charge in [0.25, 0.3) is 0 Å². The number of rotatable bonds is 7. The number of Topliss-reactive ketones (excluding diaryl/α,β-unsaturated/α-hetero) is 1. The number of ether oxygens (including phenoxy) is 4. The molecule has 1 heterocycles. The number of allylic oxidation sites excluding steroid dienone is 1. The van der Waals surface area contributed by atoms with Gasteiger partial charge in [0.1, 0.15) is 11.5 Å². The van der Waals surface area contributed by atoms with Gasteiger partial charge < -0.3 is 18.9 Å². The van der Waals surface area contributed by atoms with Crippen LogP contribution in [0.15, 0.2) is 58.7 Å². The minimum absolute atomic E-state index is 0.0415. The Hall–Kier alpha value is -3.61. The van der Waals surface area contributed by atoms with E-state index >= 15 is 0 Å². The number of ketones is 1. The van der Waals surface area contributed by atoms with E-state index in [0.29, 0.717) is 48.0 Å². The summed E-state index contributed by atoms with van der Waals surface area (Å²) in [5, 5.41) is 0. The second kappa shape index (κ2) is 10.3. The number of methoxy groups -OCH3 is 3. The number of carbonyl (C=O) groups excluding carboxylic acids is 2. The summed E-state index contributed by atoms with van der Waals surface area (Å²) >= 11 is 0. The average molecular weight is 478 g/mol. The fourth-order valence-corrected chi connectivity index (χ4v) is 5.22. The quantitative estimate of drug-likeness (QED) is 0.530. The van der Waals surface area contributed by atoms with Gasteiger partial charge in [0, 0.05) is 23.7 Å². The molecule has 4 rings (SSSR count). The number of carbonyl (C=O) groups is 2. The summed E-state index contributed by atoms with van der Waals surface area (Å²) in [5.74, 6) is 0.502. The van der Waals surface area contributed by atoms with Crippen molar-refractivity contribution in [2.75, 3.05) is 27.9 Å². The van der Waals surface area contributed by atoms with Gasteiger partial charge in [-0.3, -0.25) is 9.79 Å². The normalized spacial score (nSPS) is 21.7. The van der Waals surface area contributed by atoms with Crippen molar-refractivity contribution < 1.29 is 28.5 Å². The Morgan fingerprint density at radius 1 is 0.971 bits per heavy atom. The van der Waals surface area contributed by atoms with E-state index in [0.717, 1.165) is 16.8 Å². The Labute approximate surface area is 205 Å². The lowest BCUT2D eigenvalue weighted by Gasteiger charge is -2.38. The zero-order valence-electron chi connectivity index (χ0n) is 20.8. The van der Waals surface area contributed by atoms with Crippen molar-refractivity contribution in [1.29, 1.82) is 0 Å². The molecule has 1 unspecified atom stereocenters. The van der Waals surface area contributed by atoms with Crippen molar-refractivity contribution in [2.45, 2.75) is 38.5 Å². The maximum absolute atomic E-state index is 13.7. The highest BCUT2D eigenvalue weighted by molar-refractivity contribution is 6.12. The van der Waals surface area contributed by atoms with E-state index in [-0.39, 0.29) is 11.7 Å². The van der Waals surface area contributed by atoms with E-state index < -0.39 is 17.8 Å². The maximum Gasteiger partial charge on any atom is 0.336 e. The summed E-state index contributed by atoms with van der Waals surface area (Å²) in [5.41, 5.74) is 3.62. The van der Waals surface area contributed by atoms with Gasteiger partial charge in [-0.2, -0.15) is 0 Å². The van der Waals surface area contributed by atoms with Gasteiger partial charge in [-0.25, -0.2) is 4.79 Å². The molecule has 0 bridgehead atoms. The first-order chi connectivity index (χ1) is 16.9. The van der Waals surface area contributed by atoms with Crippen molar-refractivity contribution in [1.82, 2.24) is 0 Å². The van der Waals surface area contributed by atoms with E-state index in [1.54, 1.807) is 21.1 Å². The molecular weight excluding hydrogens is 446 g/mol. The Balaban J connectivity index is 1.76. The third-order valence-electron chi connectivity index (χ3n) is 6.77. The smallest absolute Gasteiger partial charge is 0.336 e. The molecule has 184 valence electrons. The van der Waals surface area contributed by atoms with Gasteiger partial charge in [-0.15, -0.1) is 0 Å². The molecule has 0 amide bonds. The number of aliphatic imine (C=N–C) groups is 1. The fraction of sp³-hybridized carbons (Fsp3) is 0.393. The average Bonchev–Trinajstić information content (AvgIpc) is 2.87. The number of hydrogen-bond acceptors (Lipinski definition) is 7. The lowest BCUT2D eigenvalue weighted by atomic mass is 9.66. The van der Waals surface area contributed by atoms with E-state index in [9.17, 15) is 9.59 Å². The molecule has 1 fully saturated rings. The first-order valence-corrected chi connectivity index (χ1v) is 11.8. The lowest BCUT2D eigenvalue weighted by molar-refractivity contribution is -0.136. The molecule has 1 saturated carbocycles. The van der Waals surface area contributed by atoms with Crippen molar-refractivity contribution in [3.8, 4) is 17.2 Å². The molecule has 0 aromatic heterocycles. The summed E-state index contributed by atoms with van der Waals surface area (Å²) in [4.78, 5) is 31.3. The van der Waals surface area contributed by atoms with Crippen molar-refractivity contribution in [3.05, 3.63) is 64.9 Å². The molecular formula is C28H31NO6. The zero-order valence-corrected chi connectivity index (χ0v) is 20.8. The van der Waals surface area contributed by atoms with Crippen LogP contribution in [-0.2, 0) is 14.3 Å². The number of hydrogen-bond donors (Lipinski definition) is 0. The minimum atomic E-state index is -0.527. The van der Waals surface area contributed by atoms with Gasteiger partial charge in [-0.05, 0) is 61.6 Å². The van der Waals surface area contributed by atoms with Crippen LogP contribution in [0.1, 0.15) is 49.7 Å². The number of nitrogens with zero attached hydrogens (tertiary/aromatic N) is 1. The van der Waals surface area contributed by atoms with E-state index in [4.69, 9.17) is 23.9 Å². The van der Waals surface area contributed by atoms with Crippen LogP contribution in [0.3, 0.4) is 0 Å². The number of esters is 1. The van der Waals surface area contributed by atoms with Gasteiger partial charge in [-0.1, -0.05) is 18.2 Å². The van der Waals surface area contributed by atoms with Crippen molar-refractivity contribution in [3.63, 3.8) is 0 Å². The maximum atomic E-state index is 13.7. The molecule has 0 N–H and O–H groups in total. The third-order valence-corrected chi connectivity index (χ3v) is 6.77. The Morgan fingerprint density at radius 3 is 2.43 bits per heavy atom. The molecule has 0 spiro atoms. The molecule has 7 nitrogen and oxygen atoms in total. The van der Waals surface area contributed by atoms with Crippen LogP contribution in [0, 0.1) is 5.92 Å². The second-order valence-corrected chi connectivity index (χ2v) is 8.74. The topological polar surface area (TPSA) is 83.4 Å². The monoisotopic (exact) mass is 477 g/mol. The summed E-state index contributed by atoms with van der Waals surface area (Å²) in [6.45, 7) is 4.25. The molecule has 2 aromatic carbocycles. The highest BCUT2D eigenvalue weighted by atomic mass is 16.5. The Kier molecular flexibility index (Phi) is 7.24. The summed E-state index contributed by atoms with van der Waals surface area (Å²) in [6.07, 6.45) is 0.952. The van der Waals surface area contributed by atoms with E-state index in [1.165, 1.54) is 7.11 Å². The van der Waals surface area contributed by atoms with Crippen LogP contribution in [0.2, 0.25) is 0 Å². The molecule has 2 aromatic rings. The molecule has 1 aliphatic carbocycles. The van der Waals surface area contributed by atoms with Gasteiger partial charge >= 0.3 is 5.97 Å². The summed E-state index contributed by atoms with van der Waals surface area (Å²) < 4.78 is 21.6. The Bertz CT molecular complexity index is 1200. The standard InChI is InChI=1S/C28H31NO6/c1-6-35-20-9-7-8-18(12-20)26-25(28(31)34-5)16(2)29-21-13-19(14-22(30)27(21)26)17-10-11-23(32-3)24(15-17)33-4/h7-12,15,19,26-27H,6,13-14H2,1-5H3/t19-,26+,27?/m0/s1. The Morgan fingerprint density at radius 2 is 1.74 bits per heavy atom. The largest absolute Gasteiger partial charge is 0.494 e. The van der Waals surface area contributed by atoms with Crippen LogP contribution < -0.4 is 14.2 Å². The summed E-state index contributed by atoms with van der Waals surface area (Å²) in [6, 6.07) is 13.3. The highest BCUT2D eigenvalue weighted by Crippen LogP contribution is 2.47. The number of fused-ring (bicyclic) bond motifs is 1. The lowest BCUT2D eigenvalue weighted by Crippen LogP contribution is -2.41. The van der Waals surface area contributed by atoms with Crippen molar-refractivity contribution in [2.24, 2.45) is 10.9 Å². The van der Waals surface area contributed by atoms with Crippen LogP contribution >= 0.6 is 0 Å². The summed E-state index contributed by atoms with van der Waals surface area (Å²) in [7, 11) is 4.54. The zero-order chi connectivity index (χ0) is 25.1. The van der Waals surface area contributed by atoms with E-state index in [1.807, 2.05) is 49.4 Å². The highest BCUT2D eigenvalue weighted by Gasteiger charge is 2.46. The third kappa shape index (κ3) is 4.67. The van der Waals surface area contributed by atoms with Crippen LogP contribution in [0.25, 0.3) is 0 Å². The fourth-order valence-electron chi connectivity index (χ4n) is 5.22. The molecule has 3 atom stereocenters. The molecule has 2 aliphatic rings. The van der Waals surface area contributed by atoms with E-state index in [2.05, 4.69) is 0 Å². The molecule has 1 aliphatic heterocycles. The SMILES string of the molecule is CCOc1cccc([C@@H]2C(C(=O)OC)=C(C)N=C3C[C@H](c4ccc(OC)c(OC)c4)CC(=O)C32)c1. The van der Waals surface area contributed by atoms with Crippen molar-refractivity contribution >= 4 is 17.5 Å². The molecule has 0 saturated heterocycles. The van der Waals surface area contributed by atoms with Crippen LogP contribution in [0.5, 0.6) is 17.2 Å².